The Hall–Kier alpha value is -2.36. The second-order valence-electron chi connectivity index (χ2n) is 4.87. The molecule has 4 nitrogen and oxygen atoms in total. The van der Waals surface area contributed by atoms with Crippen LogP contribution in [-0.2, 0) is 17.6 Å². The van der Waals surface area contributed by atoms with Crippen LogP contribution < -0.4 is 0 Å². The van der Waals surface area contributed by atoms with Crippen molar-refractivity contribution in [1.82, 2.24) is 4.90 Å². The highest BCUT2D eigenvalue weighted by atomic mass is 16.3. The SMILES string of the molecule is O=C1Cc2ccccc2C(=O)N1CCCc1ccco1. The van der Waals surface area contributed by atoms with E-state index < -0.39 is 0 Å². The summed E-state index contributed by atoms with van der Waals surface area (Å²) in [5.41, 5.74) is 1.47. The number of aryl methyl sites for hydroxylation is 1. The number of hydrogen-bond donors (Lipinski definition) is 0. The first-order valence-corrected chi connectivity index (χ1v) is 6.70. The van der Waals surface area contributed by atoms with Crippen LogP contribution in [-0.4, -0.2) is 23.3 Å². The Kier molecular flexibility index (Phi) is 3.37. The molecule has 0 radical (unpaired) electrons. The van der Waals surface area contributed by atoms with Crippen LogP contribution >= 0.6 is 0 Å². The van der Waals surface area contributed by atoms with E-state index in [0.29, 0.717) is 24.9 Å². The molecular weight excluding hydrogens is 254 g/mol. The number of rotatable bonds is 4. The van der Waals surface area contributed by atoms with Gasteiger partial charge in [0.2, 0.25) is 5.91 Å². The summed E-state index contributed by atoms with van der Waals surface area (Å²) in [6.07, 6.45) is 3.38. The fourth-order valence-corrected chi connectivity index (χ4v) is 2.49. The number of fused-ring (bicyclic) bond motifs is 1. The zero-order valence-electron chi connectivity index (χ0n) is 11.0. The Morgan fingerprint density at radius 1 is 1.10 bits per heavy atom. The van der Waals surface area contributed by atoms with Gasteiger partial charge >= 0.3 is 0 Å². The Morgan fingerprint density at radius 3 is 2.75 bits per heavy atom. The van der Waals surface area contributed by atoms with Gasteiger partial charge in [-0.05, 0) is 30.2 Å². The zero-order valence-corrected chi connectivity index (χ0v) is 11.0. The molecule has 0 atom stereocenters. The number of carbonyl (C=O) groups excluding carboxylic acids is 2. The summed E-state index contributed by atoms with van der Waals surface area (Å²) in [5, 5.41) is 0. The molecule has 2 heterocycles. The molecule has 102 valence electrons. The first kappa shape index (κ1) is 12.7. The van der Waals surface area contributed by atoms with Crippen molar-refractivity contribution < 1.29 is 14.0 Å². The third kappa shape index (κ3) is 2.37. The van der Waals surface area contributed by atoms with Gasteiger partial charge in [-0.3, -0.25) is 14.5 Å². The molecule has 0 spiro atoms. The molecule has 2 aromatic rings. The zero-order chi connectivity index (χ0) is 13.9. The number of nitrogens with zero attached hydrogens (tertiary/aromatic N) is 1. The van der Waals surface area contributed by atoms with E-state index in [4.69, 9.17) is 4.42 Å². The van der Waals surface area contributed by atoms with Gasteiger partial charge in [0, 0.05) is 18.5 Å². The van der Waals surface area contributed by atoms with Crippen LogP contribution in [0.1, 0.15) is 28.1 Å². The lowest BCUT2D eigenvalue weighted by Gasteiger charge is -2.26. The predicted octanol–water partition coefficient (Wildman–Crippen LogP) is 2.44. The van der Waals surface area contributed by atoms with Crippen LogP contribution in [0.15, 0.2) is 47.1 Å². The maximum atomic E-state index is 12.3. The molecule has 0 fully saturated rings. The third-order valence-corrected chi connectivity index (χ3v) is 3.52. The first-order valence-electron chi connectivity index (χ1n) is 6.70. The van der Waals surface area contributed by atoms with Gasteiger partial charge in [-0.25, -0.2) is 0 Å². The van der Waals surface area contributed by atoms with E-state index in [2.05, 4.69) is 0 Å². The van der Waals surface area contributed by atoms with Crippen LogP contribution in [0.2, 0.25) is 0 Å². The molecule has 4 heteroatoms. The summed E-state index contributed by atoms with van der Waals surface area (Å²) in [7, 11) is 0. The molecule has 1 aromatic carbocycles. The quantitative estimate of drug-likeness (QED) is 0.801. The molecule has 0 unspecified atom stereocenters. The molecule has 20 heavy (non-hydrogen) atoms. The Bertz CT molecular complexity index is 631. The fourth-order valence-electron chi connectivity index (χ4n) is 2.49. The summed E-state index contributed by atoms with van der Waals surface area (Å²) < 4.78 is 5.24. The van der Waals surface area contributed by atoms with Gasteiger partial charge in [-0.1, -0.05) is 18.2 Å². The number of carbonyl (C=O) groups is 2. The van der Waals surface area contributed by atoms with Crippen LogP contribution in [0.4, 0.5) is 0 Å². The van der Waals surface area contributed by atoms with Gasteiger partial charge in [0.05, 0.1) is 12.7 Å². The smallest absolute Gasteiger partial charge is 0.260 e. The van der Waals surface area contributed by atoms with Crippen molar-refractivity contribution in [2.45, 2.75) is 19.3 Å². The molecule has 1 aromatic heterocycles. The summed E-state index contributed by atoms with van der Waals surface area (Å²) in [6.45, 7) is 0.437. The Labute approximate surface area is 117 Å². The van der Waals surface area contributed by atoms with E-state index >= 15 is 0 Å². The van der Waals surface area contributed by atoms with Crippen molar-refractivity contribution >= 4 is 11.8 Å². The van der Waals surface area contributed by atoms with Gasteiger partial charge in [0.1, 0.15) is 5.76 Å². The van der Waals surface area contributed by atoms with Crippen LogP contribution in [0, 0.1) is 0 Å². The van der Waals surface area contributed by atoms with Gasteiger partial charge in [0.25, 0.3) is 5.91 Å². The topological polar surface area (TPSA) is 50.5 Å². The highest BCUT2D eigenvalue weighted by Crippen LogP contribution is 2.20. The van der Waals surface area contributed by atoms with Gasteiger partial charge in [0.15, 0.2) is 0 Å². The lowest BCUT2D eigenvalue weighted by Crippen LogP contribution is -2.42. The second kappa shape index (κ2) is 5.33. The summed E-state index contributed by atoms with van der Waals surface area (Å²) >= 11 is 0. The molecule has 2 amide bonds. The molecular formula is C16H15NO3. The minimum atomic E-state index is -0.184. The largest absolute Gasteiger partial charge is 0.469 e. The molecule has 1 aliphatic rings. The van der Waals surface area contributed by atoms with Crippen molar-refractivity contribution in [1.29, 1.82) is 0 Å². The minimum Gasteiger partial charge on any atom is -0.469 e. The molecule has 0 saturated heterocycles. The van der Waals surface area contributed by atoms with E-state index in [1.165, 1.54) is 4.90 Å². The maximum Gasteiger partial charge on any atom is 0.260 e. The molecule has 0 N–H and O–H groups in total. The molecule has 0 bridgehead atoms. The van der Waals surface area contributed by atoms with Gasteiger partial charge in [-0.2, -0.15) is 0 Å². The van der Waals surface area contributed by atoms with Gasteiger partial charge in [-0.15, -0.1) is 0 Å². The highest BCUT2D eigenvalue weighted by molar-refractivity contribution is 6.09. The van der Waals surface area contributed by atoms with Crippen molar-refractivity contribution in [2.75, 3.05) is 6.54 Å². The average Bonchev–Trinajstić information content (AvgIpc) is 2.96. The van der Waals surface area contributed by atoms with E-state index in [0.717, 1.165) is 17.7 Å². The lowest BCUT2D eigenvalue weighted by atomic mass is 9.98. The Morgan fingerprint density at radius 2 is 1.95 bits per heavy atom. The summed E-state index contributed by atoms with van der Waals surface area (Å²) in [4.78, 5) is 25.7. The van der Waals surface area contributed by atoms with Crippen LogP contribution in [0.3, 0.4) is 0 Å². The van der Waals surface area contributed by atoms with Crippen LogP contribution in [0.5, 0.6) is 0 Å². The molecule has 1 aliphatic heterocycles. The molecule has 0 saturated carbocycles. The predicted molar refractivity (Wildman–Crippen MR) is 73.2 cm³/mol. The normalized spacial score (nSPS) is 14.5. The number of furan rings is 1. The number of imide groups is 1. The molecule has 0 aliphatic carbocycles. The first-order chi connectivity index (χ1) is 9.75. The van der Waals surface area contributed by atoms with Crippen molar-refractivity contribution in [2.24, 2.45) is 0 Å². The fraction of sp³-hybridized carbons (Fsp3) is 0.250. The third-order valence-electron chi connectivity index (χ3n) is 3.52. The van der Waals surface area contributed by atoms with E-state index in [-0.39, 0.29) is 11.8 Å². The monoisotopic (exact) mass is 269 g/mol. The van der Waals surface area contributed by atoms with Crippen LogP contribution in [0.25, 0.3) is 0 Å². The minimum absolute atomic E-state index is 0.117. The highest BCUT2D eigenvalue weighted by Gasteiger charge is 2.29. The van der Waals surface area contributed by atoms with Gasteiger partial charge < -0.3 is 4.42 Å². The van der Waals surface area contributed by atoms with E-state index in [1.54, 1.807) is 12.3 Å². The van der Waals surface area contributed by atoms with Crippen molar-refractivity contribution in [3.8, 4) is 0 Å². The number of amides is 2. The van der Waals surface area contributed by atoms with Crippen molar-refractivity contribution in [3.63, 3.8) is 0 Å². The van der Waals surface area contributed by atoms with Crippen molar-refractivity contribution in [3.05, 3.63) is 59.5 Å². The molecule has 3 rings (SSSR count). The second-order valence-corrected chi connectivity index (χ2v) is 4.87. The number of hydrogen-bond acceptors (Lipinski definition) is 3. The van der Waals surface area contributed by atoms with E-state index in [1.807, 2.05) is 30.3 Å². The standard InChI is InChI=1S/C16H15NO3/c18-15-11-12-5-1-2-8-14(12)16(19)17(15)9-3-6-13-7-4-10-20-13/h1-2,4-5,7-8,10H,3,6,9,11H2. The van der Waals surface area contributed by atoms with E-state index in [9.17, 15) is 9.59 Å². The summed E-state index contributed by atoms with van der Waals surface area (Å²) in [5.74, 6) is 0.576. The number of benzene rings is 1. The maximum absolute atomic E-state index is 12.3. The summed E-state index contributed by atoms with van der Waals surface area (Å²) in [6, 6.07) is 11.0. The average molecular weight is 269 g/mol. The Balaban J connectivity index is 1.68. The lowest BCUT2D eigenvalue weighted by molar-refractivity contribution is -0.128.